The molecule has 0 radical (unpaired) electrons. The number of aryl methyl sites for hydroxylation is 1. The van der Waals surface area contributed by atoms with Gasteiger partial charge in [-0.15, -0.1) is 0 Å². The molecule has 0 saturated heterocycles. The Morgan fingerprint density at radius 1 is 1.06 bits per heavy atom. The quantitative estimate of drug-likeness (QED) is 0.846. The van der Waals surface area contributed by atoms with E-state index in [2.05, 4.69) is 56.8 Å². The molecule has 90 valence electrons. The lowest BCUT2D eigenvalue weighted by atomic mass is 10.0. The molecule has 0 amide bonds. The van der Waals surface area contributed by atoms with E-state index in [1.54, 1.807) is 0 Å². The highest BCUT2D eigenvalue weighted by Crippen LogP contribution is 2.26. The van der Waals surface area contributed by atoms with Crippen LogP contribution in [0.1, 0.15) is 63.5 Å². The number of nitrogens with zero attached hydrogens (tertiary/aromatic N) is 2. The van der Waals surface area contributed by atoms with E-state index in [1.165, 1.54) is 5.56 Å². The number of nitrogens with one attached hydrogen (secondary N) is 1. The van der Waals surface area contributed by atoms with Gasteiger partial charge in [-0.3, -0.25) is 0 Å². The van der Waals surface area contributed by atoms with Gasteiger partial charge in [0.2, 0.25) is 0 Å². The zero-order chi connectivity index (χ0) is 12.3. The SMILES string of the molecule is CCNc1nc(C(C)C)nc(C)c1C(C)C. The normalized spacial score (nSPS) is 11.2. The van der Waals surface area contributed by atoms with Crippen molar-refractivity contribution in [2.45, 2.75) is 53.4 Å². The molecule has 0 aliphatic rings. The Morgan fingerprint density at radius 3 is 2.12 bits per heavy atom. The highest BCUT2D eigenvalue weighted by atomic mass is 15.0. The second-order valence-corrected chi connectivity index (χ2v) is 4.77. The largest absolute Gasteiger partial charge is 0.370 e. The van der Waals surface area contributed by atoms with Crippen LogP contribution in [-0.2, 0) is 0 Å². The first kappa shape index (κ1) is 12.9. The molecule has 0 aliphatic carbocycles. The Kier molecular flexibility index (Phi) is 4.27. The van der Waals surface area contributed by atoms with Crippen molar-refractivity contribution in [3.05, 3.63) is 17.1 Å². The third-order valence-electron chi connectivity index (χ3n) is 2.59. The van der Waals surface area contributed by atoms with Crippen molar-refractivity contribution in [3.8, 4) is 0 Å². The summed E-state index contributed by atoms with van der Waals surface area (Å²) in [7, 11) is 0. The van der Waals surface area contributed by atoms with Gasteiger partial charge in [-0.2, -0.15) is 0 Å². The second-order valence-electron chi connectivity index (χ2n) is 4.77. The lowest BCUT2D eigenvalue weighted by molar-refractivity contribution is 0.743. The highest BCUT2D eigenvalue weighted by molar-refractivity contribution is 5.48. The van der Waals surface area contributed by atoms with E-state index in [1.807, 2.05) is 0 Å². The molecule has 3 nitrogen and oxygen atoms in total. The molecule has 16 heavy (non-hydrogen) atoms. The number of aromatic nitrogens is 2. The maximum atomic E-state index is 4.62. The summed E-state index contributed by atoms with van der Waals surface area (Å²) >= 11 is 0. The summed E-state index contributed by atoms with van der Waals surface area (Å²) in [6.45, 7) is 13.7. The standard InChI is InChI=1S/C13H23N3/c1-7-14-13-11(8(2)3)10(6)15-12(16-13)9(4)5/h8-9H,7H2,1-6H3,(H,14,15,16). The Morgan fingerprint density at radius 2 is 1.69 bits per heavy atom. The van der Waals surface area contributed by atoms with Crippen LogP contribution in [0.2, 0.25) is 0 Å². The molecule has 0 unspecified atom stereocenters. The third kappa shape index (κ3) is 2.71. The Balaban J connectivity index is 3.27. The average Bonchev–Trinajstić information content (AvgIpc) is 2.16. The Labute approximate surface area is 98.7 Å². The monoisotopic (exact) mass is 221 g/mol. The minimum absolute atomic E-state index is 0.373. The zero-order valence-electron chi connectivity index (χ0n) is 11.3. The van der Waals surface area contributed by atoms with E-state index in [-0.39, 0.29) is 0 Å². The summed E-state index contributed by atoms with van der Waals surface area (Å²) in [5.74, 6) is 2.76. The number of anilines is 1. The van der Waals surface area contributed by atoms with Gasteiger partial charge < -0.3 is 5.32 Å². The van der Waals surface area contributed by atoms with E-state index in [0.29, 0.717) is 11.8 Å². The van der Waals surface area contributed by atoms with Crippen LogP contribution < -0.4 is 5.32 Å². The van der Waals surface area contributed by atoms with Gasteiger partial charge in [-0.1, -0.05) is 27.7 Å². The van der Waals surface area contributed by atoms with Crippen molar-refractivity contribution in [1.29, 1.82) is 0 Å². The van der Waals surface area contributed by atoms with E-state index >= 15 is 0 Å². The molecule has 3 heteroatoms. The first-order chi connectivity index (χ1) is 7.47. The molecule has 0 fully saturated rings. The summed E-state index contributed by atoms with van der Waals surface area (Å²) < 4.78 is 0. The fourth-order valence-electron chi connectivity index (χ4n) is 1.85. The molecule has 0 aliphatic heterocycles. The molecule has 1 N–H and O–H groups in total. The van der Waals surface area contributed by atoms with Crippen LogP contribution in [-0.4, -0.2) is 16.5 Å². The maximum Gasteiger partial charge on any atom is 0.133 e. The van der Waals surface area contributed by atoms with Gasteiger partial charge >= 0.3 is 0 Å². The van der Waals surface area contributed by atoms with Crippen LogP contribution in [0.4, 0.5) is 5.82 Å². The van der Waals surface area contributed by atoms with Gasteiger partial charge in [-0.25, -0.2) is 9.97 Å². The summed E-state index contributed by atoms with van der Waals surface area (Å²) in [6, 6.07) is 0. The predicted octanol–water partition coefficient (Wildman–Crippen LogP) is 3.46. The van der Waals surface area contributed by atoms with Gasteiger partial charge in [0.25, 0.3) is 0 Å². The summed E-state index contributed by atoms with van der Waals surface area (Å²) in [6.07, 6.45) is 0. The van der Waals surface area contributed by atoms with Crippen molar-refractivity contribution < 1.29 is 0 Å². The first-order valence-corrected chi connectivity index (χ1v) is 6.09. The van der Waals surface area contributed by atoms with Crippen LogP contribution >= 0.6 is 0 Å². The fourth-order valence-corrected chi connectivity index (χ4v) is 1.85. The molecular formula is C13H23N3. The molecule has 0 spiro atoms. The van der Waals surface area contributed by atoms with E-state index in [9.17, 15) is 0 Å². The number of hydrogen-bond donors (Lipinski definition) is 1. The lowest BCUT2D eigenvalue weighted by Gasteiger charge is -2.17. The number of hydrogen-bond acceptors (Lipinski definition) is 3. The van der Waals surface area contributed by atoms with Crippen LogP contribution in [0.3, 0.4) is 0 Å². The minimum atomic E-state index is 0.373. The molecule has 0 saturated carbocycles. The summed E-state index contributed by atoms with van der Waals surface area (Å²) in [5.41, 5.74) is 2.34. The van der Waals surface area contributed by atoms with Crippen molar-refractivity contribution in [2.24, 2.45) is 0 Å². The Bertz CT molecular complexity index is 356. The summed E-state index contributed by atoms with van der Waals surface area (Å²) in [5, 5.41) is 3.34. The van der Waals surface area contributed by atoms with Crippen LogP contribution in [0.25, 0.3) is 0 Å². The molecule has 0 atom stereocenters. The molecule has 0 bridgehead atoms. The summed E-state index contributed by atoms with van der Waals surface area (Å²) in [4.78, 5) is 9.21. The van der Waals surface area contributed by atoms with Crippen molar-refractivity contribution in [1.82, 2.24) is 9.97 Å². The van der Waals surface area contributed by atoms with E-state index < -0.39 is 0 Å². The molecule has 1 rings (SSSR count). The van der Waals surface area contributed by atoms with Gasteiger partial charge in [0.05, 0.1) is 0 Å². The highest BCUT2D eigenvalue weighted by Gasteiger charge is 2.15. The van der Waals surface area contributed by atoms with E-state index in [0.717, 1.165) is 23.9 Å². The smallest absolute Gasteiger partial charge is 0.133 e. The zero-order valence-corrected chi connectivity index (χ0v) is 11.3. The fraction of sp³-hybridized carbons (Fsp3) is 0.692. The number of rotatable bonds is 4. The van der Waals surface area contributed by atoms with Gasteiger partial charge in [0.15, 0.2) is 0 Å². The van der Waals surface area contributed by atoms with E-state index in [4.69, 9.17) is 0 Å². The van der Waals surface area contributed by atoms with Crippen LogP contribution in [0, 0.1) is 6.92 Å². The van der Waals surface area contributed by atoms with Crippen LogP contribution in [0.15, 0.2) is 0 Å². The Hall–Kier alpha value is -1.12. The second kappa shape index (κ2) is 5.28. The minimum Gasteiger partial charge on any atom is -0.370 e. The predicted molar refractivity (Wildman–Crippen MR) is 69.1 cm³/mol. The molecule has 1 heterocycles. The molecular weight excluding hydrogens is 198 g/mol. The van der Waals surface area contributed by atoms with Gasteiger partial charge in [-0.05, 0) is 19.8 Å². The first-order valence-electron chi connectivity index (χ1n) is 6.09. The average molecular weight is 221 g/mol. The van der Waals surface area contributed by atoms with Crippen molar-refractivity contribution >= 4 is 5.82 Å². The molecule has 1 aromatic rings. The maximum absolute atomic E-state index is 4.62. The van der Waals surface area contributed by atoms with Crippen molar-refractivity contribution in [3.63, 3.8) is 0 Å². The molecule has 0 aromatic carbocycles. The molecule has 1 aromatic heterocycles. The van der Waals surface area contributed by atoms with Crippen molar-refractivity contribution in [2.75, 3.05) is 11.9 Å². The lowest BCUT2D eigenvalue weighted by Crippen LogP contribution is -2.11. The topological polar surface area (TPSA) is 37.8 Å². The van der Waals surface area contributed by atoms with Crippen LogP contribution in [0.5, 0.6) is 0 Å². The van der Waals surface area contributed by atoms with Gasteiger partial charge in [0, 0.05) is 23.7 Å². The third-order valence-corrected chi connectivity index (χ3v) is 2.59. The van der Waals surface area contributed by atoms with Gasteiger partial charge in [0.1, 0.15) is 11.6 Å².